The zero-order valence-electron chi connectivity index (χ0n) is 19.7. The summed E-state index contributed by atoms with van der Waals surface area (Å²) in [4.78, 5) is 44.2. The first kappa shape index (κ1) is 24.0. The van der Waals surface area contributed by atoms with Crippen LogP contribution in [0, 0.1) is 11.8 Å². The Morgan fingerprint density at radius 2 is 1.79 bits per heavy atom. The van der Waals surface area contributed by atoms with Gasteiger partial charge in [0.2, 0.25) is 11.8 Å². The maximum atomic E-state index is 13.9. The minimum atomic E-state index is -1.20. The number of rotatable bonds is 9. The van der Waals surface area contributed by atoms with Crippen LogP contribution >= 0.6 is 0 Å². The Hall–Kier alpha value is -2.19. The second kappa shape index (κ2) is 9.58. The zero-order valence-corrected chi connectivity index (χ0v) is 19.7. The molecule has 8 nitrogen and oxygen atoms in total. The molecule has 2 saturated heterocycles. The Kier molecular flexibility index (Phi) is 6.96. The molecular weight excluding hydrogens is 424 g/mol. The van der Waals surface area contributed by atoms with Gasteiger partial charge in [-0.05, 0) is 38.7 Å². The van der Waals surface area contributed by atoms with Gasteiger partial charge in [-0.1, -0.05) is 38.0 Å². The van der Waals surface area contributed by atoms with Crippen LogP contribution in [0.3, 0.4) is 0 Å². The van der Waals surface area contributed by atoms with Crippen LogP contribution in [-0.2, 0) is 23.9 Å². The van der Waals surface area contributed by atoms with Crippen molar-refractivity contribution >= 4 is 17.8 Å². The minimum Gasteiger partial charge on any atom is -0.461 e. The number of nitrogens with zero attached hydrogens (tertiary/aromatic N) is 2. The third-order valence-electron chi connectivity index (χ3n) is 7.48. The van der Waals surface area contributed by atoms with Crippen LogP contribution in [0.1, 0.15) is 52.4 Å². The van der Waals surface area contributed by atoms with Crippen molar-refractivity contribution in [1.82, 2.24) is 9.80 Å². The van der Waals surface area contributed by atoms with Gasteiger partial charge in [-0.2, -0.15) is 0 Å². The number of aliphatic hydroxyl groups excluding tert-OH is 1. The second-order valence-electron chi connectivity index (χ2n) is 9.74. The van der Waals surface area contributed by atoms with Crippen LogP contribution < -0.4 is 0 Å². The van der Waals surface area contributed by atoms with Crippen molar-refractivity contribution < 1.29 is 29.0 Å². The first-order chi connectivity index (χ1) is 15.9. The fourth-order valence-corrected chi connectivity index (χ4v) is 5.97. The predicted molar refractivity (Wildman–Crippen MR) is 121 cm³/mol. The molecule has 33 heavy (non-hydrogen) atoms. The van der Waals surface area contributed by atoms with Crippen molar-refractivity contribution in [3.63, 3.8) is 0 Å². The molecule has 1 spiro atoms. The van der Waals surface area contributed by atoms with Gasteiger partial charge in [0.05, 0.1) is 11.5 Å². The van der Waals surface area contributed by atoms with Crippen LogP contribution in [0.25, 0.3) is 0 Å². The highest BCUT2D eigenvalue weighted by atomic mass is 16.6. The number of likely N-dealkylation sites (tertiary alicyclic amines) is 1. The molecule has 4 aliphatic rings. The van der Waals surface area contributed by atoms with Gasteiger partial charge in [0.1, 0.15) is 24.2 Å². The van der Waals surface area contributed by atoms with E-state index >= 15 is 0 Å². The Balaban J connectivity index is 1.72. The number of hydrogen-bond donors (Lipinski definition) is 1. The number of aliphatic hydroxyl groups is 1. The Bertz CT molecular complexity index is 841. The molecule has 0 saturated carbocycles. The summed E-state index contributed by atoms with van der Waals surface area (Å²) in [5.74, 6) is -2.41. The van der Waals surface area contributed by atoms with Crippen molar-refractivity contribution in [3.05, 3.63) is 24.3 Å². The first-order valence-corrected chi connectivity index (χ1v) is 12.3. The molecule has 0 aromatic carbocycles. The predicted octanol–water partition coefficient (Wildman–Crippen LogP) is 1.82. The summed E-state index contributed by atoms with van der Waals surface area (Å²) < 4.78 is 12.0. The smallest absolute Gasteiger partial charge is 0.313 e. The number of cyclic esters (lactones) is 1. The molecule has 4 rings (SSSR count). The van der Waals surface area contributed by atoms with Gasteiger partial charge in [-0.25, -0.2) is 0 Å². The third-order valence-corrected chi connectivity index (χ3v) is 7.48. The minimum absolute atomic E-state index is 0.0958. The molecule has 4 aliphatic heterocycles. The number of carbonyl (C=O) groups is 3. The molecule has 1 unspecified atom stereocenters. The number of esters is 1. The van der Waals surface area contributed by atoms with E-state index in [0.717, 1.165) is 25.7 Å². The average Bonchev–Trinajstić information content (AvgIpc) is 3.04. The van der Waals surface area contributed by atoms with E-state index in [1.165, 1.54) is 0 Å². The van der Waals surface area contributed by atoms with E-state index < -0.39 is 35.0 Å². The Morgan fingerprint density at radius 3 is 2.55 bits per heavy atom. The van der Waals surface area contributed by atoms with E-state index in [1.807, 2.05) is 30.1 Å². The van der Waals surface area contributed by atoms with Crippen molar-refractivity contribution in [1.29, 1.82) is 0 Å². The van der Waals surface area contributed by atoms with Gasteiger partial charge in [-0.15, -0.1) is 0 Å². The Labute approximate surface area is 195 Å². The number of unbranched alkanes of at least 4 members (excludes halogenated alkanes) is 4. The summed E-state index contributed by atoms with van der Waals surface area (Å²) in [5, 5.41) is 9.13. The fraction of sp³-hybridized carbons (Fsp3) is 0.720. The van der Waals surface area contributed by atoms with Gasteiger partial charge in [0, 0.05) is 26.2 Å². The first-order valence-electron chi connectivity index (χ1n) is 12.3. The summed E-state index contributed by atoms with van der Waals surface area (Å²) in [7, 11) is 0. The molecule has 8 heteroatoms. The summed E-state index contributed by atoms with van der Waals surface area (Å²) in [6.07, 6.45) is 12.4. The average molecular weight is 461 g/mol. The van der Waals surface area contributed by atoms with E-state index in [1.54, 1.807) is 11.0 Å². The number of amides is 2. The maximum Gasteiger partial charge on any atom is 0.313 e. The SMILES string of the molecule is CCCCCN1CC=C[C@]23O[C@]4(C)C=CCOC(=O)[C@@H]4[C@H]2C(=O)N(CCCCCO)C3C1=O. The number of ether oxygens (including phenoxy) is 2. The molecule has 2 fully saturated rings. The fourth-order valence-electron chi connectivity index (χ4n) is 5.97. The largest absolute Gasteiger partial charge is 0.461 e. The van der Waals surface area contributed by atoms with Gasteiger partial charge >= 0.3 is 5.97 Å². The molecule has 5 atom stereocenters. The lowest BCUT2D eigenvalue weighted by Crippen LogP contribution is -2.56. The lowest BCUT2D eigenvalue weighted by molar-refractivity contribution is -0.157. The molecule has 182 valence electrons. The van der Waals surface area contributed by atoms with Crippen molar-refractivity contribution in [2.24, 2.45) is 11.8 Å². The maximum absolute atomic E-state index is 13.9. The Morgan fingerprint density at radius 1 is 1.00 bits per heavy atom. The summed E-state index contributed by atoms with van der Waals surface area (Å²) in [6.45, 7) is 5.66. The molecule has 0 aromatic rings. The van der Waals surface area contributed by atoms with Crippen LogP contribution in [0.5, 0.6) is 0 Å². The van der Waals surface area contributed by atoms with E-state index in [-0.39, 0.29) is 25.0 Å². The van der Waals surface area contributed by atoms with Crippen LogP contribution in [0.4, 0.5) is 0 Å². The lowest BCUT2D eigenvalue weighted by atomic mass is 9.75. The normalized spacial score (nSPS) is 35.2. The molecular formula is C25H36N2O6. The zero-order chi connectivity index (χ0) is 23.6. The summed E-state index contributed by atoms with van der Waals surface area (Å²) in [6, 6.07) is -0.811. The van der Waals surface area contributed by atoms with Crippen LogP contribution in [-0.4, -0.2) is 82.8 Å². The molecule has 2 amide bonds. The van der Waals surface area contributed by atoms with E-state index in [4.69, 9.17) is 14.6 Å². The summed E-state index contributed by atoms with van der Waals surface area (Å²) >= 11 is 0. The van der Waals surface area contributed by atoms with Crippen LogP contribution in [0.15, 0.2) is 24.3 Å². The number of carbonyl (C=O) groups excluding carboxylic acids is 3. The van der Waals surface area contributed by atoms with E-state index in [9.17, 15) is 14.4 Å². The quantitative estimate of drug-likeness (QED) is 0.320. The van der Waals surface area contributed by atoms with Gasteiger partial charge in [0.25, 0.3) is 0 Å². The highest BCUT2D eigenvalue weighted by Gasteiger charge is 2.74. The molecule has 1 N–H and O–H groups in total. The highest BCUT2D eigenvalue weighted by molar-refractivity contribution is 5.99. The highest BCUT2D eigenvalue weighted by Crippen LogP contribution is 2.57. The molecule has 0 aliphatic carbocycles. The monoisotopic (exact) mass is 460 g/mol. The summed E-state index contributed by atoms with van der Waals surface area (Å²) in [5.41, 5.74) is -2.22. The topological polar surface area (TPSA) is 96.4 Å². The molecule has 0 aromatic heterocycles. The van der Waals surface area contributed by atoms with Crippen molar-refractivity contribution in [3.8, 4) is 0 Å². The van der Waals surface area contributed by atoms with Gasteiger partial charge in [-0.3, -0.25) is 14.4 Å². The third kappa shape index (κ3) is 4.01. The second-order valence-corrected chi connectivity index (χ2v) is 9.74. The van der Waals surface area contributed by atoms with Gasteiger partial charge < -0.3 is 24.4 Å². The molecule has 0 bridgehead atoms. The number of hydrogen-bond acceptors (Lipinski definition) is 6. The molecule has 4 heterocycles. The van der Waals surface area contributed by atoms with Crippen LogP contribution in [0.2, 0.25) is 0 Å². The standard InChI is InChI=1S/C25H36N2O6/c1-3-4-6-13-26-14-9-12-25-18(19-23(31)32-17-10-11-24(19,2)33-25)21(29)27(20(25)22(26)30)15-7-5-8-16-28/h9-12,18-20,28H,3-8,13-17H2,1-2H3/t18-,19-,20?,24+,25-/m0/s1. The van der Waals surface area contributed by atoms with Gasteiger partial charge in [0.15, 0.2) is 0 Å². The number of fused-ring (bicyclic) bond motifs is 2. The molecule has 0 radical (unpaired) electrons. The van der Waals surface area contributed by atoms with E-state index in [0.29, 0.717) is 32.5 Å². The van der Waals surface area contributed by atoms with Crippen molar-refractivity contribution in [2.75, 3.05) is 32.8 Å². The lowest BCUT2D eigenvalue weighted by Gasteiger charge is -2.37. The van der Waals surface area contributed by atoms with E-state index in [2.05, 4.69) is 6.92 Å². The van der Waals surface area contributed by atoms with Crippen molar-refractivity contribution in [2.45, 2.75) is 69.6 Å².